The average Bonchev–Trinajstić information content (AvgIpc) is 2.25. The molecule has 0 unspecified atom stereocenters. The molecule has 0 fully saturated rings. The zero-order valence-corrected chi connectivity index (χ0v) is 9.03. The molecule has 2 heterocycles. The van der Waals surface area contributed by atoms with Gasteiger partial charge in [0.2, 0.25) is 0 Å². The number of aryl methyl sites for hydroxylation is 2. The first-order valence-electron chi connectivity index (χ1n) is 4.81. The van der Waals surface area contributed by atoms with Crippen LogP contribution in [0.2, 0.25) is 0 Å². The van der Waals surface area contributed by atoms with E-state index in [9.17, 15) is 4.39 Å². The van der Waals surface area contributed by atoms with Gasteiger partial charge in [0, 0.05) is 5.69 Å². The molecular formula is C11H11FN4. The molecule has 0 amide bonds. The number of nitrogen functional groups attached to an aromatic ring is 1. The van der Waals surface area contributed by atoms with Gasteiger partial charge < -0.3 is 5.73 Å². The Morgan fingerprint density at radius 3 is 2.50 bits per heavy atom. The first kappa shape index (κ1) is 10.5. The Kier molecular flexibility index (Phi) is 2.52. The number of pyridine rings is 1. The zero-order chi connectivity index (χ0) is 11.7. The van der Waals surface area contributed by atoms with Crippen LogP contribution in [0.25, 0.3) is 11.5 Å². The second-order valence-electron chi connectivity index (χ2n) is 3.50. The van der Waals surface area contributed by atoms with Crippen molar-refractivity contribution in [1.29, 1.82) is 0 Å². The van der Waals surface area contributed by atoms with Crippen molar-refractivity contribution in [2.75, 3.05) is 5.73 Å². The van der Waals surface area contributed by atoms with E-state index in [0.29, 0.717) is 11.5 Å². The van der Waals surface area contributed by atoms with Gasteiger partial charge in [-0.3, -0.25) is 0 Å². The van der Waals surface area contributed by atoms with E-state index in [1.807, 2.05) is 19.1 Å². The number of aromatic nitrogens is 3. The quantitative estimate of drug-likeness (QED) is 0.793. The van der Waals surface area contributed by atoms with Gasteiger partial charge in [0.1, 0.15) is 5.69 Å². The summed E-state index contributed by atoms with van der Waals surface area (Å²) in [4.78, 5) is 12.1. The smallest absolute Gasteiger partial charge is 0.186 e. The Bertz CT molecular complexity index is 516. The molecule has 82 valence electrons. The lowest BCUT2D eigenvalue weighted by molar-refractivity contribution is 0.608. The second kappa shape index (κ2) is 3.84. The molecule has 0 saturated heterocycles. The third kappa shape index (κ3) is 1.84. The standard InChI is InChI=1S/C11H11FN4/c1-6-4-3-5-8(14-6)11-15-7(2)9(12)10(13)16-11/h3-5H,1-2H3,(H2,13,15,16). The number of nitrogens with zero attached hydrogens (tertiary/aromatic N) is 3. The number of rotatable bonds is 1. The zero-order valence-electron chi connectivity index (χ0n) is 9.03. The highest BCUT2D eigenvalue weighted by Crippen LogP contribution is 2.17. The molecular weight excluding hydrogens is 207 g/mol. The van der Waals surface area contributed by atoms with Crippen LogP contribution in [0.1, 0.15) is 11.4 Å². The van der Waals surface area contributed by atoms with Crippen LogP contribution in [0.4, 0.5) is 10.2 Å². The molecule has 0 aliphatic heterocycles. The Morgan fingerprint density at radius 2 is 1.88 bits per heavy atom. The van der Waals surface area contributed by atoms with E-state index in [2.05, 4.69) is 15.0 Å². The second-order valence-corrected chi connectivity index (χ2v) is 3.50. The number of nitrogens with two attached hydrogens (primary N) is 1. The molecule has 0 saturated carbocycles. The van der Waals surface area contributed by atoms with Crippen molar-refractivity contribution in [3.63, 3.8) is 0 Å². The Balaban J connectivity index is 2.57. The summed E-state index contributed by atoms with van der Waals surface area (Å²) in [6.45, 7) is 3.41. The maximum Gasteiger partial charge on any atom is 0.186 e. The molecule has 16 heavy (non-hydrogen) atoms. The molecule has 0 aliphatic rings. The monoisotopic (exact) mass is 218 g/mol. The fraction of sp³-hybridized carbons (Fsp3) is 0.182. The SMILES string of the molecule is Cc1cccc(-c2nc(C)c(F)c(N)n2)n1. The summed E-state index contributed by atoms with van der Waals surface area (Å²) in [5, 5.41) is 0. The summed E-state index contributed by atoms with van der Waals surface area (Å²) >= 11 is 0. The maximum atomic E-state index is 13.2. The van der Waals surface area contributed by atoms with Gasteiger partial charge in [-0.2, -0.15) is 0 Å². The Labute approximate surface area is 92.4 Å². The minimum Gasteiger partial charge on any atom is -0.381 e. The molecule has 0 spiro atoms. The average molecular weight is 218 g/mol. The van der Waals surface area contributed by atoms with Crippen LogP contribution in [0.3, 0.4) is 0 Å². The van der Waals surface area contributed by atoms with Gasteiger partial charge in [-0.25, -0.2) is 19.3 Å². The lowest BCUT2D eigenvalue weighted by Crippen LogP contribution is -2.03. The summed E-state index contributed by atoms with van der Waals surface area (Å²) in [6.07, 6.45) is 0. The van der Waals surface area contributed by atoms with Crippen LogP contribution < -0.4 is 5.73 Å². The Morgan fingerprint density at radius 1 is 1.12 bits per heavy atom. The van der Waals surface area contributed by atoms with Crippen molar-refractivity contribution in [1.82, 2.24) is 15.0 Å². The highest BCUT2D eigenvalue weighted by molar-refractivity contribution is 5.52. The first-order valence-corrected chi connectivity index (χ1v) is 4.81. The van der Waals surface area contributed by atoms with E-state index < -0.39 is 5.82 Å². The van der Waals surface area contributed by atoms with Gasteiger partial charge in [0.25, 0.3) is 0 Å². The van der Waals surface area contributed by atoms with E-state index in [1.165, 1.54) is 0 Å². The van der Waals surface area contributed by atoms with E-state index in [4.69, 9.17) is 5.73 Å². The van der Waals surface area contributed by atoms with Crippen LogP contribution in [-0.2, 0) is 0 Å². The molecule has 0 aliphatic carbocycles. The molecule has 2 aromatic rings. The van der Waals surface area contributed by atoms with Gasteiger partial charge in [0.15, 0.2) is 17.5 Å². The first-order chi connectivity index (χ1) is 7.58. The molecule has 2 rings (SSSR count). The molecule has 5 heteroatoms. The predicted molar refractivity (Wildman–Crippen MR) is 59.1 cm³/mol. The molecule has 0 atom stereocenters. The molecule has 0 radical (unpaired) electrons. The van der Waals surface area contributed by atoms with Gasteiger partial charge in [-0.05, 0) is 26.0 Å². The van der Waals surface area contributed by atoms with Gasteiger partial charge in [-0.1, -0.05) is 6.07 Å². The largest absolute Gasteiger partial charge is 0.381 e. The van der Waals surface area contributed by atoms with Crippen LogP contribution in [0.15, 0.2) is 18.2 Å². The third-order valence-corrected chi connectivity index (χ3v) is 2.16. The topological polar surface area (TPSA) is 64.7 Å². The summed E-state index contributed by atoms with van der Waals surface area (Å²) < 4.78 is 13.2. The van der Waals surface area contributed by atoms with Crippen LogP contribution >= 0.6 is 0 Å². The number of anilines is 1. The van der Waals surface area contributed by atoms with Gasteiger partial charge >= 0.3 is 0 Å². The molecule has 2 aromatic heterocycles. The van der Waals surface area contributed by atoms with Crippen molar-refractivity contribution in [2.24, 2.45) is 0 Å². The number of halogens is 1. The van der Waals surface area contributed by atoms with Crippen LogP contribution in [-0.4, -0.2) is 15.0 Å². The van der Waals surface area contributed by atoms with E-state index >= 15 is 0 Å². The van der Waals surface area contributed by atoms with E-state index in [0.717, 1.165) is 5.69 Å². The fourth-order valence-corrected chi connectivity index (χ4v) is 1.36. The molecule has 0 bridgehead atoms. The Hall–Kier alpha value is -2.04. The number of hydrogen-bond donors (Lipinski definition) is 1. The van der Waals surface area contributed by atoms with Crippen molar-refractivity contribution in [3.05, 3.63) is 35.4 Å². The minimum absolute atomic E-state index is 0.147. The summed E-state index contributed by atoms with van der Waals surface area (Å²) in [5.41, 5.74) is 7.11. The lowest BCUT2D eigenvalue weighted by Gasteiger charge is -2.04. The molecule has 0 aromatic carbocycles. The lowest BCUT2D eigenvalue weighted by atomic mass is 10.3. The van der Waals surface area contributed by atoms with Crippen molar-refractivity contribution in [2.45, 2.75) is 13.8 Å². The highest BCUT2D eigenvalue weighted by Gasteiger charge is 2.10. The maximum absolute atomic E-state index is 13.2. The fourth-order valence-electron chi connectivity index (χ4n) is 1.36. The van der Waals surface area contributed by atoms with E-state index in [-0.39, 0.29) is 11.5 Å². The highest BCUT2D eigenvalue weighted by atomic mass is 19.1. The summed E-state index contributed by atoms with van der Waals surface area (Å²) in [5.74, 6) is -0.373. The number of hydrogen-bond acceptors (Lipinski definition) is 4. The summed E-state index contributed by atoms with van der Waals surface area (Å²) in [7, 11) is 0. The molecule has 2 N–H and O–H groups in total. The predicted octanol–water partition coefficient (Wildman–Crippen LogP) is 1.88. The van der Waals surface area contributed by atoms with Crippen molar-refractivity contribution in [3.8, 4) is 11.5 Å². The third-order valence-electron chi connectivity index (χ3n) is 2.16. The minimum atomic E-state index is -0.573. The van der Waals surface area contributed by atoms with Gasteiger partial charge in [0.05, 0.1) is 5.69 Å². The van der Waals surface area contributed by atoms with E-state index in [1.54, 1.807) is 13.0 Å². The van der Waals surface area contributed by atoms with Crippen LogP contribution in [0, 0.1) is 19.7 Å². The van der Waals surface area contributed by atoms with Gasteiger partial charge in [-0.15, -0.1) is 0 Å². The molecule has 4 nitrogen and oxygen atoms in total. The van der Waals surface area contributed by atoms with Crippen molar-refractivity contribution < 1.29 is 4.39 Å². The summed E-state index contributed by atoms with van der Waals surface area (Å²) in [6, 6.07) is 5.47. The van der Waals surface area contributed by atoms with Crippen LogP contribution in [0.5, 0.6) is 0 Å². The van der Waals surface area contributed by atoms with Crippen molar-refractivity contribution >= 4 is 5.82 Å². The normalized spacial score (nSPS) is 10.4.